The van der Waals surface area contributed by atoms with Crippen LogP contribution in [0.15, 0.2) is 35.5 Å². The predicted octanol–water partition coefficient (Wildman–Crippen LogP) is 2.15. The van der Waals surface area contributed by atoms with Crippen LogP contribution in [0.5, 0.6) is 5.75 Å². The number of aliphatic carboxylic acids is 1. The van der Waals surface area contributed by atoms with Gasteiger partial charge in [0, 0.05) is 12.3 Å². The zero-order valence-electron chi connectivity index (χ0n) is 18.8. The largest absolute Gasteiger partial charge is 0.508 e. The summed E-state index contributed by atoms with van der Waals surface area (Å²) in [5.41, 5.74) is 1.32. The molecule has 3 atom stereocenters. The Morgan fingerprint density at radius 2 is 2.00 bits per heavy atom. The molecule has 1 aromatic carbocycles. The summed E-state index contributed by atoms with van der Waals surface area (Å²) in [6.07, 6.45) is 0.911. The molecule has 0 aromatic heterocycles. The molecule has 3 heterocycles. The SMILES string of the molecule is CCCN1CN([C@@H](C(=O)N[C@@H]2C(=O)N3C(C(=O)O)=C(C)CSC23)c2ccc(O)cc2)CSC1=S. The summed E-state index contributed by atoms with van der Waals surface area (Å²) in [4.78, 5) is 43.4. The molecule has 34 heavy (non-hydrogen) atoms. The van der Waals surface area contributed by atoms with Crippen LogP contribution in [0.2, 0.25) is 0 Å². The Balaban J connectivity index is 1.56. The minimum absolute atomic E-state index is 0.00508. The number of hydrogen-bond donors (Lipinski definition) is 3. The van der Waals surface area contributed by atoms with Gasteiger partial charge < -0.3 is 20.4 Å². The first-order valence-electron chi connectivity index (χ1n) is 10.9. The van der Waals surface area contributed by atoms with E-state index in [0.29, 0.717) is 29.4 Å². The van der Waals surface area contributed by atoms with Gasteiger partial charge in [-0.2, -0.15) is 0 Å². The lowest BCUT2D eigenvalue weighted by Gasteiger charge is -2.49. The van der Waals surface area contributed by atoms with Gasteiger partial charge in [0.1, 0.15) is 33.2 Å². The number of carboxylic acids is 1. The van der Waals surface area contributed by atoms with Gasteiger partial charge in [-0.15, -0.1) is 11.8 Å². The lowest BCUT2D eigenvalue weighted by atomic mass is 10.0. The summed E-state index contributed by atoms with van der Waals surface area (Å²) in [7, 11) is 0. The van der Waals surface area contributed by atoms with Crippen molar-refractivity contribution in [1.82, 2.24) is 20.0 Å². The number of fused-ring (bicyclic) bond motifs is 1. The monoisotopic (exact) mass is 522 g/mol. The Labute approximate surface area is 211 Å². The van der Waals surface area contributed by atoms with Crippen molar-refractivity contribution in [3.63, 3.8) is 0 Å². The third kappa shape index (κ3) is 4.64. The predicted molar refractivity (Wildman–Crippen MR) is 135 cm³/mol. The van der Waals surface area contributed by atoms with E-state index in [1.165, 1.54) is 40.6 Å². The Bertz CT molecular complexity index is 1050. The molecule has 182 valence electrons. The molecular weight excluding hydrogens is 496 g/mol. The molecular formula is C22H26N4O5S3. The van der Waals surface area contributed by atoms with Gasteiger partial charge in [-0.25, -0.2) is 4.79 Å². The molecule has 12 heteroatoms. The first-order chi connectivity index (χ1) is 16.2. The van der Waals surface area contributed by atoms with Gasteiger partial charge in [0.05, 0.1) is 12.5 Å². The maximum Gasteiger partial charge on any atom is 0.352 e. The molecule has 1 aromatic rings. The van der Waals surface area contributed by atoms with E-state index >= 15 is 0 Å². The molecule has 3 aliphatic heterocycles. The van der Waals surface area contributed by atoms with E-state index in [4.69, 9.17) is 12.2 Å². The normalized spacial score (nSPS) is 23.9. The fourth-order valence-electron chi connectivity index (χ4n) is 4.33. The van der Waals surface area contributed by atoms with Gasteiger partial charge in [0.2, 0.25) is 5.91 Å². The first-order valence-corrected chi connectivity index (χ1v) is 13.3. The van der Waals surface area contributed by atoms with Crippen molar-refractivity contribution in [3.05, 3.63) is 41.1 Å². The second-order valence-electron chi connectivity index (χ2n) is 8.36. The van der Waals surface area contributed by atoms with Crippen molar-refractivity contribution >= 4 is 57.8 Å². The Morgan fingerprint density at radius 1 is 1.29 bits per heavy atom. The molecule has 9 nitrogen and oxygen atoms in total. The number of thioether (sulfide) groups is 2. The average molecular weight is 523 g/mol. The van der Waals surface area contributed by atoms with Crippen molar-refractivity contribution < 1.29 is 24.6 Å². The second kappa shape index (κ2) is 10.1. The number of carboxylic acid groups (broad SMARTS) is 1. The molecule has 4 rings (SSSR count). The van der Waals surface area contributed by atoms with Crippen LogP contribution in [0.1, 0.15) is 31.9 Å². The third-order valence-electron chi connectivity index (χ3n) is 5.94. The van der Waals surface area contributed by atoms with Gasteiger partial charge in [0.25, 0.3) is 5.91 Å². The van der Waals surface area contributed by atoms with Crippen molar-refractivity contribution in [3.8, 4) is 5.75 Å². The van der Waals surface area contributed by atoms with Gasteiger partial charge in [-0.3, -0.25) is 19.4 Å². The van der Waals surface area contributed by atoms with Crippen molar-refractivity contribution in [2.45, 2.75) is 37.7 Å². The van der Waals surface area contributed by atoms with Gasteiger partial charge in [0.15, 0.2) is 0 Å². The van der Waals surface area contributed by atoms with E-state index in [-0.39, 0.29) is 17.4 Å². The summed E-state index contributed by atoms with van der Waals surface area (Å²) < 4.78 is 0.787. The van der Waals surface area contributed by atoms with Crippen molar-refractivity contribution in [2.75, 3.05) is 24.8 Å². The van der Waals surface area contributed by atoms with Crippen LogP contribution in [0.4, 0.5) is 0 Å². The number of nitrogens with zero attached hydrogens (tertiary/aromatic N) is 3. The number of phenols is 1. The number of nitrogens with one attached hydrogen (secondary N) is 1. The van der Waals surface area contributed by atoms with E-state index in [1.54, 1.807) is 19.1 Å². The van der Waals surface area contributed by atoms with Crippen molar-refractivity contribution in [2.24, 2.45) is 0 Å². The maximum atomic E-state index is 13.6. The molecule has 0 saturated carbocycles. The van der Waals surface area contributed by atoms with Crippen LogP contribution in [-0.4, -0.2) is 83.3 Å². The van der Waals surface area contributed by atoms with Crippen LogP contribution >= 0.6 is 35.7 Å². The highest BCUT2D eigenvalue weighted by Gasteiger charge is 2.54. The zero-order valence-corrected chi connectivity index (χ0v) is 21.2. The Hall–Kier alpha value is -2.28. The van der Waals surface area contributed by atoms with Gasteiger partial charge >= 0.3 is 5.97 Å². The molecule has 3 aliphatic rings. The number of β-lactam (4-membered cyclic amide) rings is 1. The van der Waals surface area contributed by atoms with E-state index in [1.807, 2.05) is 9.80 Å². The molecule has 0 radical (unpaired) electrons. The molecule has 3 N–H and O–H groups in total. The molecule has 0 bridgehead atoms. The zero-order chi connectivity index (χ0) is 24.6. The highest BCUT2D eigenvalue weighted by atomic mass is 32.2. The van der Waals surface area contributed by atoms with E-state index in [0.717, 1.165) is 17.3 Å². The van der Waals surface area contributed by atoms with Crippen LogP contribution in [-0.2, 0) is 14.4 Å². The number of rotatable bonds is 7. The van der Waals surface area contributed by atoms with E-state index < -0.39 is 29.3 Å². The number of carbonyl (C=O) groups excluding carboxylic acids is 2. The number of benzene rings is 1. The first kappa shape index (κ1) is 24.8. The van der Waals surface area contributed by atoms with Gasteiger partial charge in [-0.1, -0.05) is 43.0 Å². The number of aromatic hydroxyl groups is 1. The van der Waals surface area contributed by atoms with Gasteiger partial charge in [-0.05, 0) is 36.6 Å². The topological polar surface area (TPSA) is 113 Å². The summed E-state index contributed by atoms with van der Waals surface area (Å²) in [6.45, 7) is 5.00. The number of phenolic OH excluding ortho intramolecular Hbond substituents is 1. The molecule has 1 unspecified atom stereocenters. The lowest BCUT2D eigenvalue weighted by Crippen LogP contribution is -2.71. The average Bonchev–Trinajstić information content (AvgIpc) is 2.80. The minimum atomic E-state index is -1.14. The van der Waals surface area contributed by atoms with Crippen LogP contribution in [0, 0.1) is 0 Å². The summed E-state index contributed by atoms with van der Waals surface area (Å²) in [5.74, 6) is -0.829. The van der Waals surface area contributed by atoms with E-state index in [2.05, 4.69) is 12.2 Å². The van der Waals surface area contributed by atoms with Crippen LogP contribution in [0.25, 0.3) is 0 Å². The highest BCUT2D eigenvalue weighted by molar-refractivity contribution is 8.22. The second-order valence-corrected chi connectivity index (χ2v) is 11.0. The number of thiocarbonyl (C=S) groups is 1. The number of carbonyl (C=O) groups is 3. The third-order valence-corrected chi connectivity index (χ3v) is 8.94. The van der Waals surface area contributed by atoms with Crippen LogP contribution in [0.3, 0.4) is 0 Å². The summed E-state index contributed by atoms with van der Waals surface area (Å²) >= 11 is 8.40. The van der Waals surface area contributed by atoms with Crippen molar-refractivity contribution in [1.29, 1.82) is 0 Å². The standard InChI is InChI=1S/C22H26N4O5S3/c1-3-8-24-10-25(11-34-22(24)32)17(13-4-6-14(27)7-5-13)18(28)23-15-19(29)26-16(21(30)31)12(2)9-33-20(15)26/h4-7,15,17,20,27H,3,8-11H2,1-2H3,(H,23,28)(H,30,31)/t15-,17-,20?/m1/s1. The quantitative estimate of drug-likeness (QED) is 0.364. The molecule has 2 fully saturated rings. The van der Waals surface area contributed by atoms with E-state index in [9.17, 15) is 24.6 Å². The molecule has 2 saturated heterocycles. The highest BCUT2D eigenvalue weighted by Crippen LogP contribution is 2.40. The Kier molecular flexibility index (Phi) is 7.41. The number of hydrogen-bond acceptors (Lipinski definition) is 8. The fourth-order valence-corrected chi connectivity index (χ4v) is 6.77. The summed E-state index contributed by atoms with van der Waals surface area (Å²) in [5, 5.41) is 21.7. The summed E-state index contributed by atoms with van der Waals surface area (Å²) in [6, 6.07) is 4.94. The molecule has 0 spiro atoms. The molecule has 0 aliphatic carbocycles. The lowest BCUT2D eigenvalue weighted by molar-refractivity contribution is -0.151. The fraction of sp³-hybridized carbons (Fsp3) is 0.455. The maximum absolute atomic E-state index is 13.6. The Morgan fingerprint density at radius 3 is 2.65 bits per heavy atom. The smallest absolute Gasteiger partial charge is 0.352 e. The molecule has 2 amide bonds. The minimum Gasteiger partial charge on any atom is -0.508 e. The van der Waals surface area contributed by atoms with Crippen LogP contribution < -0.4 is 5.32 Å². The number of amides is 2.